The second kappa shape index (κ2) is 5.38. The van der Waals surface area contributed by atoms with Crippen LogP contribution in [-0.4, -0.2) is 12.1 Å². The van der Waals surface area contributed by atoms with Gasteiger partial charge in [0.25, 0.3) is 0 Å². The number of anilines is 1. The molecule has 0 saturated heterocycles. The molecule has 1 fully saturated rings. The summed E-state index contributed by atoms with van der Waals surface area (Å²) in [6.45, 7) is 2.16. The summed E-state index contributed by atoms with van der Waals surface area (Å²) in [7, 11) is 0. The van der Waals surface area contributed by atoms with Gasteiger partial charge in [-0.25, -0.2) is 9.18 Å². The van der Waals surface area contributed by atoms with Gasteiger partial charge >= 0.3 is 5.97 Å². The zero-order valence-corrected chi connectivity index (χ0v) is 10.5. The van der Waals surface area contributed by atoms with Gasteiger partial charge in [-0.3, -0.25) is 0 Å². The summed E-state index contributed by atoms with van der Waals surface area (Å²) in [5.41, 5.74) is 5.63. The monoisotopic (exact) mass is 251 g/mol. The van der Waals surface area contributed by atoms with Crippen molar-refractivity contribution in [1.29, 1.82) is 0 Å². The standard InChI is InChI=1S/C14H18FNO2/c1-9-3-2-4-11(7-9)18-14(17)10-5-6-13(16)12(15)8-10/h5-6,8-9,11H,2-4,7,16H2,1H3. The van der Waals surface area contributed by atoms with Gasteiger partial charge in [-0.15, -0.1) is 0 Å². The Morgan fingerprint density at radius 2 is 2.22 bits per heavy atom. The molecule has 2 rings (SSSR count). The highest BCUT2D eigenvalue weighted by atomic mass is 19.1. The van der Waals surface area contributed by atoms with E-state index in [9.17, 15) is 9.18 Å². The summed E-state index contributed by atoms with van der Waals surface area (Å²) in [5, 5.41) is 0. The van der Waals surface area contributed by atoms with Crippen LogP contribution in [0, 0.1) is 11.7 Å². The molecule has 98 valence electrons. The molecule has 0 bridgehead atoms. The molecule has 0 aliphatic heterocycles. The molecule has 4 heteroatoms. The Bertz CT molecular complexity index is 447. The van der Waals surface area contributed by atoms with Crippen molar-refractivity contribution in [3.63, 3.8) is 0 Å². The third-order valence-electron chi connectivity index (χ3n) is 3.40. The highest BCUT2D eigenvalue weighted by Gasteiger charge is 2.23. The molecule has 1 aliphatic rings. The Labute approximate surface area is 106 Å². The normalized spacial score (nSPS) is 23.7. The number of hydrogen-bond donors (Lipinski definition) is 1. The van der Waals surface area contributed by atoms with Crippen LogP contribution in [0.3, 0.4) is 0 Å². The number of rotatable bonds is 2. The smallest absolute Gasteiger partial charge is 0.338 e. The van der Waals surface area contributed by atoms with Gasteiger partial charge in [0, 0.05) is 0 Å². The number of nitrogens with two attached hydrogens (primary N) is 1. The predicted molar refractivity (Wildman–Crippen MR) is 67.6 cm³/mol. The molecule has 1 aliphatic carbocycles. The molecule has 0 heterocycles. The minimum Gasteiger partial charge on any atom is -0.459 e. The Kier molecular flexibility index (Phi) is 3.84. The Morgan fingerprint density at radius 3 is 2.89 bits per heavy atom. The SMILES string of the molecule is CC1CCCC(OC(=O)c2ccc(N)c(F)c2)C1. The number of nitrogen functional groups attached to an aromatic ring is 1. The van der Waals surface area contributed by atoms with Gasteiger partial charge in [0.15, 0.2) is 0 Å². The number of carbonyl (C=O) groups is 1. The Morgan fingerprint density at radius 1 is 1.44 bits per heavy atom. The highest BCUT2D eigenvalue weighted by Crippen LogP contribution is 2.26. The van der Waals surface area contributed by atoms with E-state index in [0.717, 1.165) is 25.3 Å². The summed E-state index contributed by atoms with van der Waals surface area (Å²) < 4.78 is 18.6. The van der Waals surface area contributed by atoms with E-state index in [0.29, 0.717) is 5.92 Å². The maximum absolute atomic E-state index is 13.2. The number of benzene rings is 1. The van der Waals surface area contributed by atoms with Crippen molar-refractivity contribution in [3.05, 3.63) is 29.6 Å². The minimum atomic E-state index is -0.582. The average molecular weight is 251 g/mol. The number of halogens is 1. The predicted octanol–water partition coefficient (Wildman–Crippen LogP) is 3.14. The molecular weight excluding hydrogens is 233 g/mol. The summed E-state index contributed by atoms with van der Waals surface area (Å²) in [5.74, 6) is -0.464. The summed E-state index contributed by atoms with van der Waals surface area (Å²) in [4.78, 5) is 11.9. The van der Waals surface area contributed by atoms with Crippen LogP contribution in [-0.2, 0) is 4.74 Å². The lowest BCUT2D eigenvalue weighted by atomic mass is 9.89. The maximum atomic E-state index is 13.2. The van der Waals surface area contributed by atoms with Gasteiger partial charge in [-0.1, -0.05) is 13.3 Å². The molecule has 0 aromatic heterocycles. The molecule has 0 radical (unpaired) electrons. The lowest BCUT2D eigenvalue weighted by Crippen LogP contribution is -2.24. The zero-order chi connectivity index (χ0) is 13.1. The molecule has 0 amide bonds. The molecule has 0 spiro atoms. The second-order valence-electron chi connectivity index (χ2n) is 5.04. The maximum Gasteiger partial charge on any atom is 0.338 e. The Hall–Kier alpha value is -1.58. The number of hydrogen-bond acceptors (Lipinski definition) is 3. The van der Waals surface area contributed by atoms with E-state index in [1.807, 2.05) is 0 Å². The number of ether oxygens (including phenoxy) is 1. The van der Waals surface area contributed by atoms with Crippen molar-refractivity contribution < 1.29 is 13.9 Å². The van der Waals surface area contributed by atoms with E-state index >= 15 is 0 Å². The molecule has 2 N–H and O–H groups in total. The van der Waals surface area contributed by atoms with Gasteiger partial charge < -0.3 is 10.5 Å². The van der Waals surface area contributed by atoms with Crippen LogP contribution in [0.15, 0.2) is 18.2 Å². The first-order chi connectivity index (χ1) is 8.56. The van der Waals surface area contributed by atoms with E-state index in [2.05, 4.69) is 6.92 Å². The quantitative estimate of drug-likeness (QED) is 0.649. The number of esters is 1. The summed E-state index contributed by atoms with van der Waals surface area (Å²) >= 11 is 0. The number of carbonyl (C=O) groups excluding carboxylic acids is 1. The highest BCUT2D eigenvalue weighted by molar-refractivity contribution is 5.89. The fraction of sp³-hybridized carbons (Fsp3) is 0.500. The first-order valence-corrected chi connectivity index (χ1v) is 6.32. The van der Waals surface area contributed by atoms with Crippen molar-refractivity contribution in [2.75, 3.05) is 5.73 Å². The molecule has 1 aromatic carbocycles. The van der Waals surface area contributed by atoms with Crippen LogP contribution in [0.2, 0.25) is 0 Å². The molecule has 1 saturated carbocycles. The van der Waals surface area contributed by atoms with E-state index in [1.165, 1.54) is 18.6 Å². The average Bonchev–Trinajstić information content (AvgIpc) is 2.32. The van der Waals surface area contributed by atoms with Gasteiger partial charge in [0.05, 0.1) is 11.3 Å². The van der Waals surface area contributed by atoms with Crippen LogP contribution >= 0.6 is 0 Å². The summed E-state index contributed by atoms with van der Waals surface area (Å²) in [6.07, 6.45) is 4.01. The molecule has 18 heavy (non-hydrogen) atoms. The van der Waals surface area contributed by atoms with Crippen molar-refractivity contribution >= 4 is 11.7 Å². The molecular formula is C14H18FNO2. The fourth-order valence-corrected chi connectivity index (χ4v) is 2.36. The van der Waals surface area contributed by atoms with Crippen molar-refractivity contribution in [3.8, 4) is 0 Å². The van der Waals surface area contributed by atoms with Crippen LogP contribution in [0.25, 0.3) is 0 Å². The Balaban J connectivity index is 2.00. The van der Waals surface area contributed by atoms with Crippen molar-refractivity contribution in [1.82, 2.24) is 0 Å². The van der Waals surface area contributed by atoms with Gasteiger partial charge in [0.1, 0.15) is 11.9 Å². The van der Waals surface area contributed by atoms with Crippen molar-refractivity contribution in [2.45, 2.75) is 38.7 Å². The van der Waals surface area contributed by atoms with Crippen LogP contribution in [0.4, 0.5) is 10.1 Å². The molecule has 1 aromatic rings. The van der Waals surface area contributed by atoms with Crippen LogP contribution < -0.4 is 5.73 Å². The van der Waals surface area contributed by atoms with Gasteiger partial charge in [-0.2, -0.15) is 0 Å². The van der Waals surface area contributed by atoms with Gasteiger partial charge in [0.2, 0.25) is 0 Å². The topological polar surface area (TPSA) is 52.3 Å². The van der Waals surface area contributed by atoms with Crippen LogP contribution in [0.1, 0.15) is 43.0 Å². The van der Waals surface area contributed by atoms with E-state index < -0.39 is 11.8 Å². The van der Waals surface area contributed by atoms with Gasteiger partial charge in [-0.05, 0) is 43.4 Å². The molecule has 2 atom stereocenters. The second-order valence-corrected chi connectivity index (χ2v) is 5.04. The molecule has 3 nitrogen and oxygen atoms in total. The molecule has 2 unspecified atom stereocenters. The van der Waals surface area contributed by atoms with E-state index in [-0.39, 0.29) is 17.4 Å². The fourth-order valence-electron chi connectivity index (χ4n) is 2.36. The lowest BCUT2D eigenvalue weighted by Gasteiger charge is -2.26. The zero-order valence-electron chi connectivity index (χ0n) is 10.5. The third-order valence-corrected chi connectivity index (χ3v) is 3.40. The first-order valence-electron chi connectivity index (χ1n) is 6.32. The minimum absolute atomic E-state index is 0.0397. The third kappa shape index (κ3) is 3.00. The van der Waals surface area contributed by atoms with Crippen LogP contribution in [0.5, 0.6) is 0 Å². The van der Waals surface area contributed by atoms with E-state index in [1.54, 1.807) is 0 Å². The van der Waals surface area contributed by atoms with Crippen molar-refractivity contribution in [2.24, 2.45) is 5.92 Å². The lowest BCUT2D eigenvalue weighted by molar-refractivity contribution is 0.0155. The first kappa shape index (κ1) is 12.9. The summed E-state index contributed by atoms with van der Waals surface area (Å²) in [6, 6.07) is 4.01. The van der Waals surface area contributed by atoms with E-state index in [4.69, 9.17) is 10.5 Å². The largest absolute Gasteiger partial charge is 0.459 e.